The quantitative estimate of drug-likeness (QED) is 0.589. The van der Waals surface area contributed by atoms with Gasteiger partial charge in [0.25, 0.3) is 10.2 Å². The number of hydrogen-bond donors (Lipinski definition) is 4. The Bertz CT molecular complexity index is 642. The van der Waals surface area contributed by atoms with Crippen LogP contribution in [0.3, 0.4) is 0 Å². The highest BCUT2D eigenvalue weighted by Gasteiger charge is 2.22. The Hall–Kier alpha value is -1.90. The number of benzene rings is 1. The Balaban J connectivity index is 2.05. The smallest absolute Gasteiger partial charge is 0.296 e. The number of anilines is 2. The van der Waals surface area contributed by atoms with Gasteiger partial charge in [-0.15, -0.1) is 0 Å². The van der Waals surface area contributed by atoms with E-state index in [0.717, 1.165) is 0 Å². The molecular formula is C12H16N4O3S. The number of nitrogens with one attached hydrogen (secondary N) is 2. The summed E-state index contributed by atoms with van der Waals surface area (Å²) in [5, 5.41) is 7.59. The fraction of sp³-hybridized carbons (Fsp3) is 0.250. The minimum absolute atomic E-state index is 0.0962. The topological polar surface area (TPSA) is 127 Å². The van der Waals surface area contributed by atoms with Crippen molar-refractivity contribution in [1.29, 1.82) is 0 Å². The predicted molar refractivity (Wildman–Crippen MR) is 77.0 cm³/mol. The van der Waals surface area contributed by atoms with Crippen molar-refractivity contribution in [1.82, 2.24) is 0 Å². The largest absolute Gasteiger partial charge is 0.326 e. The van der Waals surface area contributed by atoms with Gasteiger partial charge in [-0.25, -0.2) is 5.14 Å². The maximum atomic E-state index is 12.0. The zero-order valence-corrected chi connectivity index (χ0v) is 11.4. The second-order valence-corrected chi connectivity index (χ2v) is 5.90. The monoisotopic (exact) mass is 296 g/mol. The lowest BCUT2D eigenvalue weighted by Gasteiger charge is -2.11. The molecule has 8 heteroatoms. The molecule has 1 aliphatic rings. The molecule has 0 aliphatic heterocycles. The summed E-state index contributed by atoms with van der Waals surface area (Å²) in [4.78, 5) is 12.0. The minimum Gasteiger partial charge on any atom is -0.326 e. The minimum atomic E-state index is -3.84. The first-order valence-electron chi connectivity index (χ1n) is 5.99. The van der Waals surface area contributed by atoms with Crippen molar-refractivity contribution >= 4 is 27.5 Å². The van der Waals surface area contributed by atoms with Gasteiger partial charge in [-0.1, -0.05) is 18.2 Å². The van der Waals surface area contributed by atoms with E-state index < -0.39 is 10.2 Å². The van der Waals surface area contributed by atoms with E-state index in [1.54, 1.807) is 24.3 Å². The molecule has 7 nitrogen and oxygen atoms in total. The number of carbonyl (C=O) groups excluding carboxylic acids is 1. The molecule has 0 bridgehead atoms. The molecule has 1 aromatic carbocycles. The standard InChI is InChI=1S/C12H16N4O3S/c13-9-5-4-8(6-9)12(17)15-10-2-1-3-11(7-10)16-20(14,18)19/h1-5,7-9,16H,6,13H2,(H,15,17)(H2,14,18,19). The van der Waals surface area contributed by atoms with Crippen LogP contribution in [0.25, 0.3) is 0 Å². The summed E-state index contributed by atoms with van der Waals surface area (Å²) in [6.45, 7) is 0. The Labute approximate surface area is 117 Å². The van der Waals surface area contributed by atoms with E-state index in [4.69, 9.17) is 10.9 Å². The summed E-state index contributed by atoms with van der Waals surface area (Å²) in [6, 6.07) is 6.19. The van der Waals surface area contributed by atoms with Crippen molar-refractivity contribution in [3.63, 3.8) is 0 Å². The first kappa shape index (κ1) is 14.5. The van der Waals surface area contributed by atoms with Gasteiger partial charge in [-0.05, 0) is 24.6 Å². The van der Waals surface area contributed by atoms with Crippen LogP contribution in [0.15, 0.2) is 36.4 Å². The van der Waals surface area contributed by atoms with Gasteiger partial charge in [0.2, 0.25) is 5.91 Å². The van der Waals surface area contributed by atoms with Crippen LogP contribution in [0, 0.1) is 5.92 Å². The van der Waals surface area contributed by atoms with Crippen molar-refractivity contribution in [2.75, 3.05) is 10.0 Å². The van der Waals surface area contributed by atoms with E-state index in [1.807, 2.05) is 0 Å². The van der Waals surface area contributed by atoms with Crippen LogP contribution in [0.5, 0.6) is 0 Å². The molecule has 1 aliphatic carbocycles. The molecule has 0 saturated carbocycles. The third-order valence-electron chi connectivity index (χ3n) is 2.84. The van der Waals surface area contributed by atoms with E-state index in [2.05, 4.69) is 10.0 Å². The van der Waals surface area contributed by atoms with Crippen molar-refractivity contribution in [2.45, 2.75) is 12.5 Å². The van der Waals surface area contributed by atoms with Gasteiger partial charge in [0.05, 0.1) is 11.6 Å². The summed E-state index contributed by atoms with van der Waals surface area (Å²) in [7, 11) is -3.84. The fourth-order valence-electron chi connectivity index (χ4n) is 1.98. The molecule has 108 valence electrons. The SMILES string of the molecule is NC1C=CC(C(=O)Nc2cccc(NS(N)(=O)=O)c2)C1. The molecule has 2 unspecified atom stereocenters. The van der Waals surface area contributed by atoms with Crippen LogP contribution in [-0.4, -0.2) is 20.4 Å². The molecule has 0 heterocycles. The number of nitrogens with two attached hydrogens (primary N) is 2. The maximum Gasteiger partial charge on any atom is 0.296 e. The molecule has 1 aromatic rings. The lowest BCUT2D eigenvalue weighted by molar-refractivity contribution is -0.118. The Morgan fingerprint density at radius 1 is 1.25 bits per heavy atom. The van der Waals surface area contributed by atoms with E-state index in [0.29, 0.717) is 12.1 Å². The fourth-order valence-corrected chi connectivity index (χ4v) is 2.44. The van der Waals surface area contributed by atoms with Crippen LogP contribution < -0.4 is 20.9 Å². The summed E-state index contributed by atoms with van der Waals surface area (Å²) < 4.78 is 24.0. The van der Waals surface area contributed by atoms with Gasteiger partial charge >= 0.3 is 0 Å². The summed E-state index contributed by atoms with van der Waals surface area (Å²) >= 11 is 0. The number of amides is 1. The molecular weight excluding hydrogens is 280 g/mol. The maximum absolute atomic E-state index is 12.0. The Kier molecular flexibility index (Phi) is 4.07. The summed E-state index contributed by atoms with van der Waals surface area (Å²) in [5.41, 5.74) is 6.46. The second-order valence-electron chi connectivity index (χ2n) is 4.61. The first-order valence-corrected chi connectivity index (χ1v) is 7.53. The molecule has 0 saturated heterocycles. The molecule has 2 rings (SSSR count). The summed E-state index contributed by atoms with van der Waals surface area (Å²) in [6.07, 6.45) is 4.14. The van der Waals surface area contributed by atoms with Crippen LogP contribution in [0.2, 0.25) is 0 Å². The summed E-state index contributed by atoms with van der Waals surface area (Å²) in [5.74, 6) is -0.443. The lowest BCUT2D eigenvalue weighted by Crippen LogP contribution is -2.24. The molecule has 0 aromatic heterocycles. The molecule has 2 atom stereocenters. The molecule has 0 radical (unpaired) electrons. The first-order chi connectivity index (χ1) is 9.33. The van der Waals surface area contributed by atoms with Gasteiger partial charge in [-0.3, -0.25) is 9.52 Å². The van der Waals surface area contributed by atoms with E-state index in [1.165, 1.54) is 12.1 Å². The van der Waals surface area contributed by atoms with E-state index in [9.17, 15) is 13.2 Å². The van der Waals surface area contributed by atoms with Gasteiger partial charge in [-0.2, -0.15) is 8.42 Å². The second kappa shape index (κ2) is 5.61. The van der Waals surface area contributed by atoms with Crippen molar-refractivity contribution < 1.29 is 13.2 Å². The normalized spacial score (nSPS) is 21.7. The third kappa shape index (κ3) is 4.05. The molecule has 0 spiro atoms. The molecule has 0 fully saturated rings. The van der Waals surface area contributed by atoms with Crippen LogP contribution in [0.4, 0.5) is 11.4 Å². The predicted octanol–water partition coefficient (Wildman–Crippen LogP) is 0.144. The Morgan fingerprint density at radius 2 is 1.95 bits per heavy atom. The van der Waals surface area contributed by atoms with Crippen LogP contribution in [-0.2, 0) is 15.0 Å². The van der Waals surface area contributed by atoms with Crippen LogP contribution >= 0.6 is 0 Å². The molecule has 6 N–H and O–H groups in total. The van der Waals surface area contributed by atoms with Gasteiger partial charge in [0, 0.05) is 11.7 Å². The average molecular weight is 296 g/mol. The van der Waals surface area contributed by atoms with Crippen molar-refractivity contribution in [3.05, 3.63) is 36.4 Å². The number of hydrogen-bond acceptors (Lipinski definition) is 4. The van der Waals surface area contributed by atoms with Crippen molar-refractivity contribution in [3.8, 4) is 0 Å². The Morgan fingerprint density at radius 3 is 2.55 bits per heavy atom. The van der Waals surface area contributed by atoms with Gasteiger partial charge in [0.15, 0.2) is 0 Å². The highest BCUT2D eigenvalue weighted by Crippen LogP contribution is 2.20. The van der Waals surface area contributed by atoms with E-state index >= 15 is 0 Å². The van der Waals surface area contributed by atoms with Crippen molar-refractivity contribution in [2.24, 2.45) is 16.8 Å². The highest BCUT2D eigenvalue weighted by molar-refractivity contribution is 7.90. The molecule has 20 heavy (non-hydrogen) atoms. The zero-order chi connectivity index (χ0) is 14.8. The van der Waals surface area contributed by atoms with E-state index in [-0.39, 0.29) is 23.6 Å². The van der Waals surface area contributed by atoms with Gasteiger partial charge < -0.3 is 11.1 Å². The third-order valence-corrected chi connectivity index (χ3v) is 3.36. The van der Waals surface area contributed by atoms with Crippen LogP contribution in [0.1, 0.15) is 6.42 Å². The average Bonchev–Trinajstić information content (AvgIpc) is 2.74. The molecule has 1 amide bonds. The lowest BCUT2D eigenvalue weighted by atomic mass is 10.1. The number of carbonyl (C=O) groups is 1. The zero-order valence-electron chi connectivity index (χ0n) is 10.6. The highest BCUT2D eigenvalue weighted by atomic mass is 32.2. The van der Waals surface area contributed by atoms with Gasteiger partial charge in [0.1, 0.15) is 0 Å². The number of rotatable bonds is 4.